The van der Waals surface area contributed by atoms with E-state index in [1.54, 1.807) is 0 Å². The predicted molar refractivity (Wildman–Crippen MR) is 160 cm³/mol. The van der Waals surface area contributed by atoms with Crippen LogP contribution in [0, 0.1) is 0 Å². The molecular formula is C30H62BaCaO3. The van der Waals surface area contributed by atoms with E-state index in [-0.39, 0.29) is 98.6 Å². The first-order chi connectivity index (χ1) is 16.2. The molecule has 0 saturated carbocycles. The summed E-state index contributed by atoms with van der Waals surface area (Å²) < 4.78 is 4.96. The molecule has 0 atom stereocenters. The Morgan fingerprint density at radius 3 is 0.829 bits per heavy atom. The third kappa shape index (κ3) is 36.0. The van der Waals surface area contributed by atoms with Gasteiger partial charge in [0, 0.05) is 12.8 Å². The molecule has 5 heteroatoms. The van der Waals surface area contributed by atoms with Crippen LogP contribution in [0.1, 0.15) is 181 Å². The molecule has 0 aliphatic carbocycles. The average molecular weight is 648 g/mol. The summed E-state index contributed by atoms with van der Waals surface area (Å²) in [6.07, 6.45) is 31.4. The Morgan fingerprint density at radius 1 is 0.400 bits per heavy atom. The van der Waals surface area contributed by atoms with Crippen LogP contribution in [0.3, 0.4) is 0 Å². The molecule has 0 rings (SSSR count). The Labute approximate surface area is 289 Å². The van der Waals surface area contributed by atoms with E-state index in [9.17, 15) is 9.59 Å². The van der Waals surface area contributed by atoms with Gasteiger partial charge in [0.2, 0.25) is 0 Å². The SMILES string of the molecule is CCCCCCCCCCCCCCCCCC(=O)OC(=O)CCCCCCCCCCC.[BaH2].[CaH2]. The van der Waals surface area contributed by atoms with Gasteiger partial charge < -0.3 is 4.74 Å². The summed E-state index contributed by atoms with van der Waals surface area (Å²) in [7, 11) is 0. The minimum absolute atomic E-state index is 0. The van der Waals surface area contributed by atoms with Crippen molar-refractivity contribution in [2.24, 2.45) is 0 Å². The van der Waals surface area contributed by atoms with Gasteiger partial charge in [0.25, 0.3) is 0 Å². The standard InChI is InChI=1S/C30H58O3.Ba.Ca.4H/c1-3-5-7-9-11-13-14-15-16-17-18-20-22-24-26-28-30(32)33-29(31)27-25-23-21-19-12-10-8-6-4-2;;;;;;/h3-28H2,1-2H3;;;;;;. The number of rotatable bonds is 26. The van der Waals surface area contributed by atoms with E-state index in [0.29, 0.717) is 12.8 Å². The maximum absolute atomic E-state index is 11.8. The van der Waals surface area contributed by atoms with Gasteiger partial charge >= 0.3 is 98.6 Å². The Bertz CT molecular complexity index is 432. The average Bonchev–Trinajstić information content (AvgIpc) is 2.80. The quantitative estimate of drug-likeness (QED) is 0.0410. The van der Waals surface area contributed by atoms with Crippen LogP contribution in [-0.4, -0.2) is 98.6 Å². The zero-order valence-corrected chi connectivity index (χ0v) is 22.6. The fourth-order valence-corrected chi connectivity index (χ4v) is 4.45. The molecular weight excluding hydrogens is 586 g/mol. The van der Waals surface area contributed by atoms with Gasteiger partial charge in [-0.1, -0.05) is 155 Å². The number of hydrogen-bond acceptors (Lipinski definition) is 3. The summed E-state index contributed by atoms with van der Waals surface area (Å²) in [6.45, 7) is 4.51. The van der Waals surface area contributed by atoms with E-state index in [0.717, 1.165) is 25.7 Å². The number of hydrogen-bond donors (Lipinski definition) is 0. The topological polar surface area (TPSA) is 43.4 Å². The van der Waals surface area contributed by atoms with Crippen LogP contribution in [0.25, 0.3) is 0 Å². The molecule has 0 heterocycles. The number of carbonyl (C=O) groups excluding carboxylic acids is 2. The Hall–Kier alpha value is 1.97. The van der Waals surface area contributed by atoms with Crippen molar-refractivity contribution in [3.8, 4) is 0 Å². The molecule has 0 unspecified atom stereocenters. The molecule has 0 aromatic heterocycles. The maximum atomic E-state index is 11.8. The molecule has 0 aromatic rings. The van der Waals surface area contributed by atoms with E-state index in [4.69, 9.17) is 4.74 Å². The molecule has 0 radical (unpaired) electrons. The monoisotopic (exact) mass is 648 g/mol. The van der Waals surface area contributed by atoms with Crippen LogP contribution in [0.4, 0.5) is 0 Å². The van der Waals surface area contributed by atoms with Crippen molar-refractivity contribution < 1.29 is 14.3 Å². The molecule has 0 saturated heterocycles. The van der Waals surface area contributed by atoms with Crippen LogP contribution in [0.2, 0.25) is 0 Å². The van der Waals surface area contributed by atoms with Gasteiger partial charge in [-0.3, -0.25) is 9.59 Å². The van der Waals surface area contributed by atoms with E-state index in [1.165, 1.54) is 128 Å². The summed E-state index contributed by atoms with van der Waals surface area (Å²) in [4.78, 5) is 23.6. The number of carbonyl (C=O) groups is 2. The van der Waals surface area contributed by atoms with Gasteiger partial charge in [-0.05, 0) is 12.8 Å². The van der Waals surface area contributed by atoms with Gasteiger partial charge in [0.05, 0.1) is 0 Å². The van der Waals surface area contributed by atoms with Crippen molar-refractivity contribution in [1.82, 2.24) is 0 Å². The van der Waals surface area contributed by atoms with Crippen molar-refractivity contribution in [1.29, 1.82) is 0 Å². The molecule has 0 aliphatic heterocycles. The number of esters is 2. The Morgan fingerprint density at radius 2 is 0.600 bits per heavy atom. The van der Waals surface area contributed by atoms with Crippen LogP contribution in [0.5, 0.6) is 0 Å². The first-order valence-corrected chi connectivity index (χ1v) is 14.9. The van der Waals surface area contributed by atoms with Gasteiger partial charge in [-0.2, -0.15) is 0 Å². The normalized spacial score (nSPS) is 10.5. The molecule has 0 N–H and O–H groups in total. The summed E-state index contributed by atoms with van der Waals surface area (Å²) in [5.74, 6) is -0.658. The van der Waals surface area contributed by atoms with Gasteiger partial charge in [0.1, 0.15) is 0 Å². The number of ether oxygens (including phenoxy) is 1. The second-order valence-corrected chi connectivity index (χ2v) is 10.1. The first kappa shape index (κ1) is 41.5. The molecule has 0 aromatic carbocycles. The Kier molecular flexibility index (Phi) is 42.6. The molecule has 0 amide bonds. The van der Waals surface area contributed by atoms with Crippen LogP contribution in [0.15, 0.2) is 0 Å². The summed E-state index contributed by atoms with van der Waals surface area (Å²) >= 11 is 0. The molecule has 0 fully saturated rings. The van der Waals surface area contributed by atoms with Crippen molar-refractivity contribution in [3.05, 3.63) is 0 Å². The van der Waals surface area contributed by atoms with Crippen molar-refractivity contribution in [3.63, 3.8) is 0 Å². The summed E-state index contributed by atoms with van der Waals surface area (Å²) in [5.41, 5.74) is 0. The second kappa shape index (κ2) is 36.0. The van der Waals surface area contributed by atoms with Crippen LogP contribution < -0.4 is 0 Å². The van der Waals surface area contributed by atoms with Gasteiger partial charge in [-0.25, -0.2) is 0 Å². The third-order valence-corrected chi connectivity index (χ3v) is 6.70. The molecule has 3 nitrogen and oxygen atoms in total. The molecule has 0 aliphatic rings. The molecule has 0 spiro atoms. The first-order valence-electron chi connectivity index (χ1n) is 14.9. The summed E-state index contributed by atoms with van der Waals surface area (Å²) in [5, 5.41) is 0. The zero-order chi connectivity index (χ0) is 24.2. The van der Waals surface area contributed by atoms with Crippen molar-refractivity contribution >= 4 is 98.6 Å². The fourth-order valence-electron chi connectivity index (χ4n) is 4.45. The zero-order valence-electron chi connectivity index (χ0n) is 22.6. The fraction of sp³-hybridized carbons (Fsp3) is 0.933. The van der Waals surface area contributed by atoms with E-state index >= 15 is 0 Å². The summed E-state index contributed by atoms with van der Waals surface area (Å²) in [6, 6.07) is 0. The van der Waals surface area contributed by atoms with Gasteiger partial charge in [-0.15, -0.1) is 0 Å². The molecule has 35 heavy (non-hydrogen) atoms. The third-order valence-electron chi connectivity index (χ3n) is 6.70. The van der Waals surface area contributed by atoms with E-state index in [1.807, 2.05) is 0 Å². The predicted octanol–water partition coefficient (Wildman–Crippen LogP) is 8.41. The number of unbranched alkanes of at least 4 members (excludes halogenated alkanes) is 22. The van der Waals surface area contributed by atoms with Gasteiger partial charge in [0.15, 0.2) is 0 Å². The Balaban J connectivity index is -0.00000512. The van der Waals surface area contributed by atoms with E-state index < -0.39 is 0 Å². The van der Waals surface area contributed by atoms with Crippen LogP contribution in [-0.2, 0) is 14.3 Å². The van der Waals surface area contributed by atoms with E-state index in [2.05, 4.69) is 13.8 Å². The molecule has 0 bridgehead atoms. The van der Waals surface area contributed by atoms with Crippen molar-refractivity contribution in [2.45, 2.75) is 181 Å². The van der Waals surface area contributed by atoms with Crippen molar-refractivity contribution in [2.75, 3.05) is 0 Å². The minimum atomic E-state index is -0.330. The van der Waals surface area contributed by atoms with Crippen LogP contribution >= 0.6 is 0 Å². The molecule has 204 valence electrons. The second-order valence-electron chi connectivity index (χ2n) is 10.1.